The van der Waals surface area contributed by atoms with Crippen molar-refractivity contribution in [2.75, 3.05) is 25.2 Å². The summed E-state index contributed by atoms with van der Waals surface area (Å²) >= 11 is 12.2. The normalized spacial score (nSPS) is 17.1. The average Bonchev–Trinajstić information content (AvgIpc) is 2.38. The molecule has 0 spiro atoms. The van der Waals surface area contributed by atoms with Crippen molar-refractivity contribution in [2.24, 2.45) is 0 Å². The molecule has 1 heterocycles. The Hall–Kier alpha value is -0.440. The molecule has 1 aliphatic rings. The smallest absolute Gasteiger partial charge is 0.0509 e. The molecule has 1 fully saturated rings. The van der Waals surface area contributed by atoms with Crippen molar-refractivity contribution in [3.8, 4) is 0 Å². The summed E-state index contributed by atoms with van der Waals surface area (Å²) in [5.41, 5.74) is 2.16. The Labute approximate surface area is 112 Å². The van der Waals surface area contributed by atoms with E-state index in [-0.39, 0.29) is 0 Å². The Kier molecular flexibility index (Phi) is 4.55. The number of benzene rings is 1. The third-order valence-electron chi connectivity index (χ3n) is 3.35. The second-order valence-corrected chi connectivity index (χ2v) is 5.00. The first-order chi connectivity index (χ1) is 8.24. The van der Waals surface area contributed by atoms with E-state index >= 15 is 0 Å². The van der Waals surface area contributed by atoms with Crippen molar-refractivity contribution in [1.29, 1.82) is 0 Å². The van der Waals surface area contributed by atoms with Crippen molar-refractivity contribution in [3.05, 3.63) is 28.8 Å². The number of hydrogen-bond acceptors (Lipinski definition) is 2. The molecule has 2 rings (SSSR count). The molecule has 4 heteroatoms. The van der Waals surface area contributed by atoms with E-state index in [1.54, 1.807) is 0 Å². The maximum absolute atomic E-state index is 6.18. The zero-order chi connectivity index (χ0) is 12.3. The quantitative estimate of drug-likeness (QED) is 0.779. The van der Waals surface area contributed by atoms with Gasteiger partial charge in [0.15, 0.2) is 0 Å². The highest BCUT2D eigenvalue weighted by molar-refractivity contribution is 6.32. The summed E-state index contributed by atoms with van der Waals surface area (Å²) < 4.78 is 5.39. The van der Waals surface area contributed by atoms with Gasteiger partial charge < -0.3 is 9.64 Å². The first-order valence-electron chi connectivity index (χ1n) is 5.88. The second-order valence-electron chi connectivity index (χ2n) is 4.33. The molecule has 0 unspecified atom stereocenters. The fourth-order valence-corrected chi connectivity index (χ4v) is 2.86. The topological polar surface area (TPSA) is 12.5 Å². The third kappa shape index (κ3) is 2.87. The van der Waals surface area contributed by atoms with Crippen LogP contribution in [0.3, 0.4) is 0 Å². The van der Waals surface area contributed by atoms with Crippen molar-refractivity contribution < 1.29 is 4.74 Å². The lowest BCUT2D eigenvalue weighted by molar-refractivity contribution is 0.0854. The second kappa shape index (κ2) is 5.94. The summed E-state index contributed by atoms with van der Waals surface area (Å²) in [5, 5.41) is 0.747. The van der Waals surface area contributed by atoms with Crippen LogP contribution in [0, 0.1) is 0 Å². The van der Waals surface area contributed by atoms with Crippen LogP contribution in [0.2, 0.25) is 5.02 Å². The molecule has 1 aromatic carbocycles. The van der Waals surface area contributed by atoms with Gasteiger partial charge in [-0.2, -0.15) is 0 Å². The van der Waals surface area contributed by atoms with Gasteiger partial charge in [-0.05, 0) is 25.0 Å². The van der Waals surface area contributed by atoms with Crippen LogP contribution >= 0.6 is 23.2 Å². The Balaban J connectivity index is 2.23. The minimum absolute atomic E-state index is 0.447. The van der Waals surface area contributed by atoms with E-state index < -0.39 is 0 Å². The van der Waals surface area contributed by atoms with E-state index in [4.69, 9.17) is 27.9 Å². The van der Waals surface area contributed by atoms with Gasteiger partial charge in [0.2, 0.25) is 0 Å². The predicted octanol–water partition coefficient (Wildman–Crippen LogP) is 3.69. The summed E-state index contributed by atoms with van der Waals surface area (Å²) in [4.78, 5) is 2.28. The largest absolute Gasteiger partial charge is 0.381 e. The number of halogens is 2. The molecule has 0 aliphatic carbocycles. The van der Waals surface area contributed by atoms with E-state index in [0.29, 0.717) is 11.9 Å². The number of hydrogen-bond donors (Lipinski definition) is 0. The Bertz CT molecular complexity index is 378. The van der Waals surface area contributed by atoms with Crippen molar-refractivity contribution in [1.82, 2.24) is 0 Å². The SMILES string of the molecule is CN(c1cccc(Cl)c1CCl)C1CCOCC1. The van der Waals surface area contributed by atoms with Gasteiger partial charge in [-0.3, -0.25) is 0 Å². The van der Waals surface area contributed by atoms with Gasteiger partial charge in [-0.15, -0.1) is 11.6 Å². The highest BCUT2D eigenvalue weighted by Gasteiger charge is 2.21. The Morgan fingerprint density at radius 3 is 2.71 bits per heavy atom. The van der Waals surface area contributed by atoms with Crippen molar-refractivity contribution in [3.63, 3.8) is 0 Å². The van der Waals surface area contributed by atoms with Crippen molar-refractivity contribution >= 4 is 28.9 Å². The van der Waals surface area contributed by atoms with E-state index in [9.17, 15) is 0 Å². The number of anilines is 1. The van der Waals surface area contributed by atoms with E-state index in [2.05, 4.69) is 18.0 Å². The van der Waals surface area contributed by atoms with Gasteiger partial charge in [-0.25, -0.2) is 0 Å². The van der Waals surface area contributed by atoms with Gasteiger partial charge in [0, 0.05) is 42.6 Å². The Morgan fingerprint density at radius 2 is 2.06 bits per heavy atom. The molecule has 0 radical (unpaired) electrons. The molecular formula is C13H17Cl2NO. The first kappa shape index (κ1) is 13.0. The molecule has 17 heavy (non-hydrogen) atoms. The minimum Gasteiger partial charge on any atom is -0.381 e. The lowest BCUT2D eigenvalue weighted by Crippen LogP contribution is -2.37. The number of alkyl halides is 1. The molecule has 1 aliphatic heterocycles. The summed E-state index contributed by atoms with van der Waals surface area (Å²) in [5.74, 6) is 0.447. The highest BCUT2D eigenvalue weighted by atomic mass is 35.5. The maximum atomic E-state index is 6.18. The van der Waals surface area contributed by atoms with Gasteiger partial charge >= 0.3 is 0 Å². The Morgan fingerprint density at radius 1 is 1.35 bits per heavy atom. The standard InChI is InChI=1S/C13H17Cl2NO/c1-16(10-5-7-17-8-6-10)13-4-2-3-12(15)11(13)9-14/h2-4,10H,5-9H2,1H3. The fourth-order valence-electron chi connectivity index (χ4n) is 2.28. The zero-order valence-corrected chi connectivity index (χ0v) is 11.5. The lowest BCUT2D eigenvalue weighted by atomic mass is 10.1. The summed E-state index contributed by atoms with van der Waals surface area (Å²) in [6.07, 6.45) is 2.12. The number of ether oxygens (including phenoxy) is 1. The van der Waals surface area contributed by atoms with Crippen LogP contribution in [0.5, 0.6) is 0 Å². The minimum atomic E-state index is 0.447. The van der Waals surface area contributed by atoms with Gasteiger partial charge in [0.1, 0.15) is 0 Å². The van der Waals surface area contributed by atoms with Crippen LogP contribution in [0.4, 0.5) is 5.69 Å². The average molecular weight is 274 g/mol. The van der Waals surface area contributed by atoms with Gasteiger partial charge in [0.05, 0.1) is 5.88 Å². The molecule has 0 bridgehead atoms. The summed E-state index contributed by atoms with van der Waals surface area (Å²) in [6, 6.07) is 6.47. The van der Waals surface area contributed by atoms with E-state index in [1.165, 1.54) is 0 Å². The highest BCUT2D eigenvalue weighted by Crippen LogP contribution is 2.31. The first-order valence-corrected chi connectivity index (χ1v) is 6.79. The molecule has 94 valence electrons. The van der Waals surface area contributed by atoms with Crippen LogP contribution < -0.4 is 4.90 Å². The molecule has 0 aromatic heterocycles. The fraction of sp³-hybridized carbons (Fsp3) is 0.538. The summed E-state index contributed by atoms with van der Waals surface area (Å²) in [6.45, 7) is 1.68. The third-order valence-corrected chi connectivity index (χ3v) is 3.97. The maximum Gasteiger partial charge on any atom is 0.0509 e. The van der Waals surface area contributed by atoms with Crippen LogP contribution in [0.1, 0.15) is 18.4 Å². The van der Waals surface area contributed by atoms with Crippen LogP contribution in [-0.2, 0) is 10.6 Å². The molecule has 0 atom stereocenters. The number of nitrogens with zero attached hydrogens (tertiary/aromatic N) is 1. The zero-order valence-electron chi connectivity index (χ0n) is 9.96. The molecule has 2 nitrogen and oxygen atoms in total. The summed E-state index contributed by atoms with van der Waals surface area (Å²) in [7, 11) is 2.11. The molecule has 0 N–H and O–H groups in total. The van der Waals surface area contributed by atoms with E-state index in [0.717, 1.165) is 42.3 Å². The molecule has 0 saturated carbocycles. The molecule has 1 saturated heterocycles. The molecule has 0 amide bonds. The van der Waals surface area contributed by atoms with Crippen LogP contribution in [0.15, 0.2) is 18.2 Å². The van der Waals surface area contributed by atoms with Crippen LogP contribution in [-0.4, -0.2) is 26.3 Å². The number of rotatable bonds is 3. The van der Waals surface area contributed by atoms with Crippen LogP contribution in [0.25, 0.3) is 0 Å². The monoisotopic (exact) mass is 273 g/mol. The molecule has 1 aromatic rings. The van der Waals surface area contributed by atoms with Gasteiger partial charge in [-0.1, -0.05) is 17.7 Å². The predicted molar refractivity (Wildman–Crippen MR) is 73.3 cm³/mol. The molecular weight excluding hydrogens is 257 g/mol. The van der Waals surface area contributed by atoms with E-state index in [1.807, 2.05) is 12.1 Å². The van der Waals surface area contributed by atoms with Crippen molar-refractivity contribution in [2.45, 2.75) is 24.8 Å². The lowest BCUT2D eigenvalue weighted by Gasteiger charge is -2.34. The van der Waals surface area contributed by atoms with Gasteiger partial charge in [0.25, 0.3) is 0 Å².